The zero-order valence-corrected chi connectivity index (χ0v) is 13.1. The van der Waals surface area contributed by atoms with Crippen LogP contribution in [0.15, 0.2) is 36.4 Å². The minimum atomic E-state index is -0.767. The zero-order chi connectivity index (χ0) is 17.0. The van der Waals surface area contributed by atoms with Crippen LogP contribution in [0.3, 0.4) is 0 Å². The van der Waals surface area contributed by atoms with E-state index in [0.29, 0.717) is 12.0 Å². The SMILES string of the molecule is COc1cc(C=O)c(C(=O)C(=O)c2ccc(C)cc2)cc1OC. The first-order valence-electron chi connectivity index (χ1n) is 6.88. The number of aryl methyl sites for hydroxylation is 1. The molecule has 0 aromatic heterocycles. The zero-order valence-electron chi connectivity index (χ0n) is 13.1. The number of Topliss-reactive ketones (excluding diaryl/α,β-unsaturated/α-hetero) is 2. The van der Waals surface area contributed by atoms with Crippen molar-refractivity contribution in [2.75, 3.05) is 14.2 Å². The lowest BCUT2D eigenvalue weighted by Gasteiger charge is -2.11. The largest absolute Gasteiger partial charge is 0.493 e. The normalized spacial score (nSPS) is 10.0. The molecule has 0 aliphatic carbocycles. The number of carbonyl (C=O) groups is 3. The van der Waals surface area contributed by atoms with Gasteiger partial charge in [0.1, 0.15) is 0 Å². The molecule has 0 unspecified atom stereocenters. The molecule has 23 heavy (non-hydrogen) atoms. The standard InChI is InChI=1S/C18H16O5/c1-11-4-6-12(7-5-11)17(20)18(21)14-9-16(23-3)15(22-2)8-13(14)10-19/h4-10H,1-3H3. The first-order chi connectivity index (χ1) is 11.0. The molecule has 2 aromatic carbocycles. The second-order valence-electron chi connectivity index (χ2n) is 4.94. The molecule has 0 saturated heterocycles. The fraction of sp³-hybridized carbons (Fsp3) is 0.167. The van der Waals surface area contributed by atoms with E-state index >= 15 is 0 Å². The molecule has 0 radical (unpaired) electrons. The highest BCUT2D eigenvalue weighted by Crippen LogP contribution is 2.30. The molecule has 0 heterocycles. The van der Waals surface area contributed by atoms with E-state index in [1.54, 1.807) is 24.3 Å². The van der Waals surface area contributed by atoms with Crippen LogP contribution in [0, 0.1) is 6.92 Å². The highest BCUT2D eigenvalue weighted by atomic mass is 16.5. The summed E-state index contributed by atoms with van der Waals surface area (Å²) < 4.78 is 10.2. The quantitative estimate of drug-likeness (QED) is 0.466. The summed E-state index contributed by atoms with van der Waals surface area (Å²) in [6.45, 7) is 1.88. The van der Waals surface area contributed by atoms with Crippen LogP contribution in [0.4, 0.5) is 0 Å². The van der Waals surface area contributed by atoms with E-state index in [9.17, 15) is 14.4 Å². The van der Waals surface area contributed by atoms with E-state index in [4.69, 9.17) is 9.47 Å². The van der Waals surface area contributed by atoms with E-state index in [1.807, 2.05) is 6.92 Å². The first-order valence-corrected chi connectivity index (χ1v) is 6.88. The average Bonchev–Trinajstić information content (AvgIpc) is 2.59. The fourth-order valence-electron chi connectivity index (χ4n) is 2.15. The van der Waals surface area contributed by atoms with Crippen LogP contribution in [0.1, 0.15) is 36.6 Å². The van der Waals surface area contributed by atoms with Gasteiger partial charge in [-0.15, -0.1) is 0 Å². The number of aldehydes is 1. The molecule has 0 aliphatic rings. The third kappa shape index (κ3) is 3.29. The molecule has 0 spiro atoms. The number of hydrogen-bond donors (Lipinski definition) is 0. The Morgan fingerprint density at radius 1 is 0.913 bits per heavy atom. The maximum absolute atomic E-state index is 12.5. The molecule has 5 nitrogen and oxygen atoms in total. The topological polar surface area (TPSA) is 69.7 Å². The van der Waals surface area contributed by atoms with Gasteiger partial charge in [0.15, 0.2) is 17.8 Å². The monoisotopic (exact) mass is 312 g/mol. The highest BCUT2D eigenvalue weighted by molar-refractivity contribution is 6.50. The van der Waals surface area contributed by atoms with Crippen LogP contribution in [-0.4, -0.2) is 32.1 Å². The van der Waals surface area contributed by atoms with Gasteiger partial charge in [0.05, 0.1) is 14.2 Å². The number of ketones is 2. The maximum atomic E-state index is 12.5. The van der Waals surface area contributed by atoms with Crippen LogP contribution in [0.5, 0.6) is 11.5 Å². The Labute approximate surface area is 133 Å². The lowest BCUT2D eigenvalue weighted by Crippen LogP contribution is -2.16. The number of methoxy groups -OCH3 is 2. The molecule has 0 N–H and O–H groups in total. The Hall–Kier alpha value is -2.95. The van der Waals surface area contributed by atoms with Crippen molar-refractivity contribution in [3.8, 4) is 11.5 Å². The minimum Gasteiger partial charge on any atom is -0.493 e. The summed E-state index contributed by atoms with van der Waals surface area (Å²) in [4.78, 5) is 36.1. The van der Waals surface area contributed by atoms with Crippen LogP contribution < -0.4 is 9.47 Å². The van der Waals surface area contributed by atoms with Crippen molar-refractivity contribution in [3.05, 3.63) is 58.7 Å². The summed E-state index contributed by atoms with van der Waals surface area (Å²) in [5.41, 5.74) is 1.32. The smallest absolute Gasteiger partial charge is 0.234 e. The molecule has 2 aromatic rings. The van der Waals surface area contributed by atoms with Crippen molar-refractivity contribution in [3.63, 3.8) is 0 Å². The molecule has 0 fully saturated rings. The summed E-state index contributed by atoms with van der Waals surface area (Å²) in [5.74, 6) is -0.857. The average molecular weight is 312 g/mol. The fourth-order valence-corrected chi connectivity index (χ4v) is 2.15. The molecule has 0 amide bonds. The molecule has 5 heteroatoms. The molecule has 118 valence electrons. The summed E-state index contributed by atoms with van der Waals surface area (Å²) in [6, 6.07) is 9.37. The number of ether oxygens (including phenoxy) is 2. The van der Waals surface area contributed by atoms with E-state index in [2.05, 4.69) is 0 Å². The van der Waals surface area contributed by atoms with Gasteiger partial charge in [0.25, 0.3) is 0 Å². The molecular weight excluding hydrogens is 296 g/mol. The molecule has 0 saturated carbocycles. The van der Waals surface area contributed by atoms with Gasteiger partial charge >= 0.3 is 0 Å². The van der Waals surface area contributed by atoms with Crippen molar-refractivity contribution in [1.82, 2.24) is 0 Å². The van der Waals surface area contributed by atoms with Crippen molar-refractivity contribution in [2.45, 2.75) is 6.92 Å². The predicted molar refractivity (Wildman–Crippen MR) is 84.8 cm³/mol. The molecule has 0 atom stereocenters. The van der Waals surface area contributed by atoms with Gasteiger partial charge < -0.3 is 9.47 Å². The molecule has 0 aliphatic heterocycles. The van der Waals surface area contributed by atoms with Crippen LogP contribution in [-0.2, 0) is 0 Å². The Morgan fingerprint density at radius 2 is 1.48 bits per heavy atom. The number of rotatable bonds is 6. The van der Waals surface area contributed by atoms with Gasteiger partial charge in [0.2, 0.25) is 11.6 Å². The van der Waals surface area contributed by atoms with Gasteiger partial charge in [-0.1, -0.05) is 29.8 Å². The molecule has 0 bridgehead atoms. The second kappa shape index (κ2) is 6.87. The van der Waals surface area contributed by atoms with E-state index in [-0.39, 0.29) is 22.4 Å². The van der Waals surface area contributed by atoms with Gasteiger partial charge in [0, 0.05) is 16.7 Å². The Morgan fingerprint density at radius 3 is 2.00 bits per heavy atom. The summed E-state index contributed by atoms with van der Waals surface area (Å²) in [7, 11) is 2.83. The Bertz CT molecular complexity index is 760. The van der Waals surface area contributed by atoms with Crippen LogP contribution >= 0.6 is 0 Å². The van der Waals surface area contributed by atoms with Gasteiger partial charge in [-0.2, -0.15) is 0 Å². The minimum absolute atomic E-state index is 0.0109. The van der Waals surface area contributed by atoms with E-state index < -0.39 is 11.6 Å². The third-order valence-corrected chi connectivity index (χ3v) is 3.45. The third-order valence-electron chi connectivity index (χ3n) is 3.45. The van der Waals surface area contributed by atoms with Crippen molar-refractivity contribution in [2.24, 2.45) is 0 Å². The van der Waals surface area contributed by atoms with E-state index in [1.165, 1.54) is 26.4 Å². The van der Waals surface area contributed by atoms with Crippen LogP contribution in [0.2, 0.25) is 0 Å². The van der Waals surface area contributed by atoms with Gasteiger partial charge in [-0.25, -0.2) is 0 Å². The molecular formula is C18H16O5. The van der Waals surface area contributed by atoms with Crippen molar-refractivity contribution < 1.29 is 23.9 Å². The van der Waals surface area contributed by atoms with Crippen molar-refractivity contribution in [1.29, 1.82) is 0 Å². The summed E-state index contributed by atoms with van der Waals surface area (Å²) in [6.07, 6.45) is 0.512. The number of carbonyl (C=O) groups excluding carboxylic acids is 3. The molecule has 2 rings (SSSR count). The lowest BCUT2D eigenvalue weighted by atomic mass is 9.97. The Balaban J connectivity index is 2.47. The number of hydrogen-bond acceptors (Lipinski definition) is 5. The highest BCUT2D eigenvalue weighted by Gasteiger charge is 2.23. The first kappa shape index (κ1) is 16.4. The van der Waals surface area contributed by atoms with Crippen LogP contribution in [0.25, 0.3) is 0 Å². The number of benzene rings is 2. The summed E-state index contributed by atoms with van der Waals surface area (Å²) in [5, 5.41) is 0. The van der Waals surface area contributed by atoms with Crippen molar-refractivity contribution >= 4 is 17.9 Å². The van der Waals surface area contributed by atoms with Gasteiger partial charge in [-0.3, -0.25) is 14.4 Å². The Kier molecular flexibility index (Phi) is 4.91. The lowest BCUT2D eigenvalue weighted by molar-refractivity contribution is 0.0815. The summed E-state index contributed by atoms with van der Waals surface area (Å²) >= 11 is 0. The predicted octanol–water partition coefficient (Wildman–Crippen LogP) is 2.89. The van der Waals surface area contributed by atoms with E-state index in [0.717, 1.165) is 5.56 Å². The maximum Gasteiger partial charge on any atom is 0.234 e. The second-order valence-corrected chi connectivity index (χ2v) is 4.94. The van der Waals surface area contributed by atoms with Gasteiger partial charge in [-0.05, 0) is 19.1 Å².